The molecule has 0 bridgehead atoms. The molecule has 0 aromatic heterocycles. The molecule has 1 amide bonds. The van der Waals surface area contributed by atoms with Crippen molar-refractivity contribution in [2.24, 2.45) is 0 Å². The first-order chi connectivity index (χ1) is 9.95. The maximum atomic E-state index is 12.0. The van der Waals surface area contributed by atoms with Gasteiger partial charge in [0.05, 0.1) is 11.2 Å². The molecular formula is C16H23NO3S. The molecule has 0 saturated carbocycles. The van der Waals surface area contributed by atoms with E-state index >= 15 is 0 Å². The number of unbranched alkanes of at least 4 members (excludes halogenated alkanes) is 1. The zero-order valence-corrected chi connectivity index (χ0v) is 13.6. The largest absolute Gasteiger partial charge is 0.481 e. The predicted molar refractivity (Wildman–Crippen MR) is 88.0 cm³/mol. The quantitative estimate of drug-likeness (QED) is 0.718. The van der Waals surface area contributed by atoms with Crippen molar-refractivity contribution in [1.82, 2.24) is 0 Å². The molecule has 5 heteroatoms. The average molecular weight is 309 g/mol. The zero-order chi connectivity index (χ0) is 15.8. The van der Waals surface area contributed by atoms with E-state index in [1.54, 1.807) is 43.0 Å². The van der Waals surface area contributed by atoms with Crippen molar-refractivity contribution in [3.05, 3.63) is 29.8 Å². The maximum Gasteiger partial charge on any atom is 0.310 e. The Labute approximate surface area is 130 Å². The highest BCUT2D eigenvalue weighted by molar-refractivity contribution is 8.00. The van der Waals surface area contributed by atoms with Crippen LogP contribution in [0.2, 0.25) is 0 Å². The lowest BCUT2D eigenvalue weighted by atomic mass is 10.0. The van der Waals surface area contributed by atoms with Gasteiger partial charge in [-0.2, -0.15) is 0 Å². The van der Waals surface area contributed by atoms with Crippen LogP contribution in [0, 0.1) is 0 Å². The third kappa shape index (κ3) is 5.79. The van der Waals surface area contributed by atoms with Gasteiger partial charge in [-0.3, -0.25) is 9.59 Å². The third-order valence-electron chi connectivity index (χ3n) is 3.28. The second-order valence-electron chi connectivity index (χ2n) is 5.04. The standard InChI is InChI=1S/C16H23NO3S/c1-4-5-10-21-12(3)15(18)17-14-8-6-13(7-9-14)11(2)16(19)20/h6-9,11-12H,4-5,10H2,1-3H3,(H,17,18)(H,19,20). The fraction of sp³-hybridized carbons (Fsp3) is 0.500. The van der Waals surface area contributed by atoms with Gasteiger partial charge in [-0.1, -0.05) is 25.5 Å². The Morgan fingerprint density at radius 1 is 1.24 bits per heavy atom. The molecular weight excluding hydrogens is 286 g/mol. The predicted octanol–water partition coefficient (Wildman–Crippen LogP) is 3.74. The minimum Gasteiger partial charge on any atom is -0.481 e. The lowest BCUT2D eigenvalue weighted by Crippen LogP contribution is -2.22. The first kappa shape index (κ1) is 17.6. The van der Waals surface area contributed by atoms with Crippen LogP contribution < -0.4 is 5.32 Å². The molecule has 4 nitrogen and oxygen atoms in total. The fourth-order valence-corrected chi connectivity index (χ4v) is 2.74. The van der Waals surface area contributed by atoms with Crippen molar-refractivity contribution >= 4 is 29.3 Å². The number of thioether (sulfide) groups is 1. The normalized spacial score (nSPS) is 13.5. The van der Waals surface area contributed by atoms with Crippen molar-refractivity contribution in [3.8, 4) is 0 Å². The molecule has 0 radical (unpaired) electrons. The first-order valence-corrected chi connectivity index (χ1v) is 8.25. The molecule has 0 saturated heterocycles. The van der Waals surface area contributed by atoms with E-state index in [4.69, 9.17) is 5.11 Å². The van der Waals surface area contributed by atoms with Gasteiger partial charge in [0.2, 0.25) is 5.91 Å². The summed E-state index contributed by atoms with van der Waals surface area (Å²) in [4.78, 5) is 22.9. The molecule has 0 aliphatic carbocycles. The molecule has 1 rings (SSSR count). The highest BCUT2D eigenvalue weighted by atomic mass is 32.2. The molecule has 2 N–H and O–H groups in total. The molecule has 0 spiro atoms. The molecule has 1 aromatic rings. The number of amides is 1. The summed E-state index contributed by atoms with van der Waals surface area (Å²) in [5, 5.41) is 11.7. The van der Waals surface area contributed by atoms with E-state index in [1.165, 1.54) is 0 Å². The van der Waals surface area contributed by atoms with Gasteiger partial charge in [-0.25, -0.2) is 0 Å². The minimum absolute atomic E-state index is 0.0184. The topological polar surface area (TPSA) is 66.4 Å². The van der Waals surface area contributed by atoms with E-state index < -0.39 is 11.9 Å². The summed E-state index contributed by atoms with van der Waals surface area (Å²) in [7, 11) is 0. The summed E-state index contributed by atoms with van der Waals surface area (Å²) in [5.41, 5.74) is 1.43. The second kappa shape index (κ2) is 8.72. The molecule has 2 unspecified atom stereocenters. The van der Waals surface area contributed by atoms with Crippen molar-refractivity contribution in [2.45, 2.75) is 44.8 Å². The van der Waals surface area contributed by atoms with Gasteiger partial charge < -0.3 is 10.4 Å². The van der Waals surface area contributed by atoms with Crippen molar-refractivity contribution in [1.29, 1.82) is 0 Å². The van der Waals surface area contributed by atoms with Crippen LogP contribution >= 0.6 is 11.8 Å². The monoisotopic (exact) mass is 309 g/mol. The molecule has 21 heavy (non-hydrogen) atoms. The number of anilines is 1. The number of carbonyl (C=O) groups is 2. The molecule has 0 aliphatic heterocycles. The minimum atomic E-state index is -0.854. The average Bonchev–Trinajstić information content (AvgIpc) is 2.47. The van der Waals surface area contributed by atoms with Gasteiger partial charge in [0.25, 0.3) is 0 Å². The number of carboxylic acids is 1. The van der Waals surface area contributed by atoms with Crippen LogP contribution in [-0.2, 0) is 9.59 Å². The molecule has 0 fully saturated rings. The Hall–Kier alpha value is -1.49. The van der Waals surface area contributed by atoms with Gasteiger partial charge in [0.15, 0.2) is 0 Å². The number of rotatable bonds is 8. The number of aliphatic carboxylic acids is 1. The van der Waals surface area contributed by atoms with E-state index in [2.05, 4.69) is 12.2 Å². The second-order valence-corrected chi connectivity index (χ2v) is 6.49. The van der Waals surface area contributed by atoms with Gasteiger partial charge in [0.1, 0.15) is 0 Å². The number of benzene rings is 1. The van der Waals surface area contributed by atoms with Crippen molar-refractivity contribution < 1.29 is 14.7 Å². The van der Waals surface area contributed by atoms with Crippen molar-refractivity contribution in [2.75, 3.05) is 11.1 Å². The van der Waals surface area contributed by atoms with E-state index in [0.717, 1.165) is 24.2 Å². The van der Waals surface area contributed by atoms with Crippen LogP contribution in [-0.4, -0.2) is 28.0 Å². The zero-order valence-electron chi connectivity index (χ0n) is 12.8. The Morgan fingerprint density at radius 2 is 1.86 bits per heavy atom. The Balaban J connectivity index is 2.55. The lowest BCUT2D eigenvalue weighted by molar-refractivity contribution is -0.138. The van der Waals surface area contributed by atoms with Crippen LogP contribution in [0.15, 0.2) is 24.3 Å². The number of carboxylic acid groups (broad SMARTS) is 1. The van der Waals surface area contributed by atoms with Crippen molar-refractivity contribution in [3.63, 3.8) is 0 Å². The number of nitrogens with one attached hydrogen (secondary N) is 1. The summed E-state index contributed by atoms with van der Waals surface area (Å²) in [6.45, 7) is 5.67. The summed E-state index contributed by atoms with van der Waals surface area (Å²) < 4.78 is 0. The number of carbonyl (C=O) groups excluding carboxylic acids is 1. The van der Waals surface area contributed by atoms with Crippen LogP contribution in [0.25, 0.3) is 0 Å². The smallest absolute Gasteiger partial charge is 0.310 e. The van der Waals surface area contributed by atoms with E-state index in [9.17, 15) is 9.59 Å². The van der Waals surface area contributed by atoms with Crippen LogP contribution in [0.3, 0.4) is 0 Å². The number of hydrogen-bond acceptors (Lipinski definition) is 3. The molecule has 0 heterocycles. The molecule has 116 valence electrons. The molecule has 1 aromatic carbocycles. The molecule has 0 aliphatic rings. The Kier molecular flexibility index (Phi) is 7.29. The fourth-order valence-electron chi connectivity index (χ4n) is 1.72. The van der Waals surface area contributed by atoms with E-state index in [-0.39, 0.29) is 11.2 Å². The van der Waals surface area contributed by atoms with Crippen LogP contribution in [0.4, 0.5) is 5.69 Å². The number of hydrogen-bond donors (Lipinski definition) is 2. The van der Waals surface area contributed by atoms with Crippen LogP contribution in [0.1, 0.15) is 45.1 Å². The summed E-state index contributed by atoms with van der Waals surface area (Å²) >= 11 is 1.65. The summed E-state index contributed by atoms with van der Waals surface area (Å²) in [6.07, 6.45) is 2.24. The van der Waals surface area contributed by atoms with Crippen LogP contribution in [0.5, 0.6) is 0 Å². The Morgan fingerprint density at radius 3 is 2.38 bits per heavy atom. The van der Waals surface area contributed by atoms with Gasteiger partial charge >= 0.3 is 5.97 Å². The maximum absolute atomic E-state index is 12.0. The SMILES string of the molecule is CCCCSC(C)C(=O)Nc1ccc(C(C)C(=O)O)cc1. The third-order valence-corrected chi connectivity index (χ3v) is 4.52. The van der Waals surface area contributed by atoms with Gasteiger partial charge in [0, 0.05) is 5.69 Å². The van der Waals surface area contributed by atoms with Gasteiger partial charge in [-0.05, 0) is 43.7 Å². The van der Waals surface area contributed by atoms with Gasteiger partial charge in [-0.15, -0.1) is 11.8 Å². The highest BCUT2D eigenvalue weighted by Gasteiger charge is 2.15. The Bertz CT molecular complexity index is 473. The van der Waals surface area contributed by atoms with E-state index in [0.29, 0.717) is 5.69 Å². The lowest BCUT2D eigenvalue weighted by Gasteiger charge is -2.13. The first-order valence-electron chi connectivity index (χ1n) is 7.21. The highest BCUT2D eigenvalue weighted by Crippen LogP contribution is 2.19. The summed E-state index contributed by atoms with van der Waals surface area (Å²) in [5.74, 6) is -0.429. The molecule has 2 atom stereocenters. The summed E-state index contributed by atoms with van der Waals surface area (Å²) in [6, 6.07) is 6.97. The van der Waals surface area contributed by atoms with E-state index in [1.807, 2.05) is 6.92 Å².